The van der Waals surface area contributed by atoms with Crippen molar-refractivity contribution in [3.8, 4) is 39.9 Å². The van der Waals surface area contributed by atoms with E-state index in [-0.39, 0.29) is 5.75 Å². The number of methoxy groups -OCH3 is 1. The summed E-state index contributed by atoms with van der Waals surface area (Å²) in [5.74, 6) is 2.88. The highest BCUT2D eigenvalue weighted by Crippen LogP contribution is 2.50. The lowest BCUT2D eigenvalue weighted by atomic mass is 9.78. The molecule has 3 aliphatic rings. The van der Waals surface area contributed by atoms with Crippen LogP contribution in [-0.2, 0) is 32.1 Å². The number of ether oxygens (including phenoxy) is 3. The predicted octanol–water partition coefficient (Wildman–Crippen LogP) is 5.43. The molecule has 194 valence electrons. The van der Waals surface area contributed by atoms with Crippen molar-refractivity contribution in [1.82, 2.24) is 0 Å². The molecule has 3 N–H and O–H groups in total. The molecule has 0 saturated heterocycles. The van der Waals surface area contributed by atoms with E-state index in [1.807, 2.05) is 18.2 Å². The molecule has 0 unspecified atom stereocenters. The number of phenolic OH excluding ortho intramolecular Hbond substituents is 2. The highest BCUT2D eigenvalue weighted by Gasteiger charge is 2.37. The molecule has 3 aromatic carbocycles. The van der Waals surface area contributed by atoms with Gasteiger partial charge in [0.1, 0.15) is 17.2 Å². The van der Waals surface area contributed by atoms with Gasteiger partial charge >= 0.3 is 0 Å². The average Bonchev–Trinajstić information content (AvgIpc) is 2.88. The Bertz CT molecular complexity index is 1380. The van der Waals surface area contributed by atoms with Gasteiger partial charge < -0.3 is 29.5 Å². The molecule has 1 aliphatic carbocycles. The van der Waals surface area contributed by atoms with E-state index in [9.17, 15) is 15.3 Å². The molecule has 2 heterocycles. The van der Waals surface area contributed by atoms with Crippen molar-refractivity contribution in [1.29, 1.82) is 0 Å². The Morgan fingerprint density at radius 1 is 1.00 bits per heavy atom. The SMILES string of the molecule is COc1cc2c(c3c1-c1cc(CC(C)C)c(O)cc1CC3)C[C@@H](O)[C@H](c1ccc(O)c3c1CCCO3)O2. The number of aryl methyl sites for hydroxylation is 1. The van der Waals surface area contributed by atoms with Crippen LogP contribution in [0, 0.1) is 5.92 Å². The second kappa shape index (κ2) is 9.18. The maximum atomic E-state index is 11.4. The van der Waals surface area contributed by atoms with Crippen LogP contribution in [0.15, 0.2) is 30.3 Å². The molecule has 6 heteroatoms. The van der Waals surface area contributed by atoms with Crippen LogP contribution in [0.2, 0.25) is 0 Å². The normalized spacial score (nSPS) is 19.7. The monoisotopic (exact) mass is 502 g/mol. The summed E-state index contributed by atoms with van der Waals surface area (Å²) in [5.41, 5.74) is 8.13. The zero-order valence-electron chi connectivity index (χ0n) is 21.6. The minimum absolute atomic E-state index is 0.126. The zero-order valence-corrected chi connectivity index (χ0v) is 21.6. The van der Waals surface area contributed by atoms with Gasteiger partial charge in [0.25, 0.3) is 0 Å². The maximum absolute atomic E-state index is 11.4. The van der Waals surface area contributed by atoms with Gasteiger partial charge in [-0.2, -0.15) is 0 Å². The zero-order chi connectivity index (χ0) is 25.8. The van der Waals surface area contributed by atoms with E-state index in [2.05, 4.69) is 19.9 Å². The number of aliphatic hydroxyl groups is 1. The average molecular weight is 503 g/mol. The Hall–Kier alpha value is -3.38. The number of hydrogen-bond acceptors (Lipinski definition) is 6. The van der Waals surface area contributed by atoms with Gasteiger partial charge in [-0.25, -0.2) is 0 Å². The van der Waals surface area contributed by atoms with Gasteiger partial charge in [0.05, 0.1) is 19.8 Å². The summed E-state index contributed by atoms with van der Waals surface area (Å²) in [7, 11) is 1.68. The third kappa shape index (κ3) is 3.98. The van der Waals surface area contributed by atoms with E-state index in [4.69, 9.17) is 14.2 Å². The van der Waals surface area contributed by atoms with Crippen LogP contribution in [0.5, 0.6) is 28.7 Å². The fraction of sp³-hybridized carbons (Fsp3) is 0.419. The van der Waals surface area contributed by atoms with Crippen LogP contribution in [0.4, 0.5) is 0 Å². The molecule has 0 spiro atoms. The smallest absolute Gasteiger partial charge is 0.164 e. The molecule has 2 aliphatic heterocycles. The van der Waals surface area contributed by atoms with Crippen molar-refractivity contribution in [3.05, 3.63) is 63.7 Å². The molecule has 0 aromatic heterocycles. The van der Waals surface area contributed by atoms with Gasteiger partial charge in [0, 0.05) is 34.7 Å². The van der Waals surface area contributed by atoms with Crippen molar-refractivity contribution >= 4 is 0 Å². The number of benzene rings is 3. The third-order valence-electron chi connectivity index (χ3n) is 7.95. The highest BCUT2D eigenvalue weighted by atomic mass is 16.5. The molecule has 37 heavy (non-hydrogen) atoms. The van der Waals surface area contributed by atoms with Gasteiger partial charge in [0.15, 0.2) is 17.6 Å². The topological polar surface area (TPSA) is 88.4 Å². The lowest BCUT2D eigenvalue weighted by Gasteiger charge is -2.36. The largest absolute Gasteiger partial charge is 0.508 e. The Kier molecular flexibility index (Phi) is 5.95. The van der Waals surface area contributed by atoms with Gasteiger partial charge in [-0.3, -0.25) is 0 Å². The molecular weight excluding hydrogens is 468 g/mol. The Balaban J connectivity index is 1.45. The van der Waals surface area contributed by atoms with Gasteiger partial charge in [-0.15, -0.1) is 0 Å². The lowest BCUT2D eigenvalue weighted by Crippen LogP contribution is -2.32. The number of aliphatic hydroxyl groups excluding tert-OH is 1. The number of aromatic hydroxyl groups is 2. The number of hydrogen-bond donors (Lipinski definition) is 3. The van der Waals surface area contributed by atoms with Crippen molar-refractivity contribution in [2.75, 3.05) is 13.7 Å². The number of phenols is 2. The van der Waals surface area contributed by atoms with Crippen LogP contribution >= 0.6 is 0 Å². The molecule has 0 fully saturated rings. The van der Waals surface area contributed by atoms with E-state index >= 15 is 0 Å². The van der Waals surface area contributed by atoms with Crippen LogP contribution in [-0.4, -0.2) is 35.1 Å². The summed E-state index contributed by atoms with van der Waals surface area (Å²) in [5, 5.41) is 32.3. The first-order chi connectivity index (χ1) is 17.9. The summed E-state index contributed by atoms with van der Waals surface area (Å²) in [4.78, 5) is 0. The van der Waals surface area contributed by atoms with Crippen LogP contribution in [0.3, 0.4) is 0 Å². The molecule has 6 rings (SSSR count). The van der Waals surface area contributed by atoms with Gasteiger partial charge in [0.2, 0.25) is 0 Å². The van der Waals surface area contributed by atoms with Crippen LogP contribution in [0.25, 0.3) is 11.1 Å². The summed E-state index contributed by atoms with van der Waals surface area (Å²) < 4.78 is 18.2. The molecule has 2 atom stereocenters. The molecule has 0 bridgehead atoms. The second-order valence-electron chi connectivity index (χ2n) is 10.9. The third-order valence-corrected chi connectivity index (χ3v) is 7.95. The summed E-state index contributed by atoms with van der Waals surface area (Å²) in [6.07, 6.45) is 3.19. The quantitative estimate of drug-likeness (QED) is 0.441. The van der Waals surface area contributed by atoms with Gasteiger partial charge in [-0.1, -0.05) is 19.9 Å². The predicted molar refractivity (Wildman–Crippen MR) is 141 cm³/mol. The first kappa shape index (κ1) is 24.0. The van der Waals surface area contributed by atoms with Crippen LogP contribution < -0.4 is 14.2 Å². The van der Waals surface area contributed by atoms with E-state index in [1.165, 1.54) is 0 Å². The minimum Gasteiger partial charge on any atom is -0.508 e. The summed E-state index contributed by atoms with van der Waals surface area (Å²) >= 11 is 0. The first-order valence-corrected chi connectivity index (χ1v) is 13.3. The van der Waals surface area contributed by atoms with Gasteiger partial charge in [-0.05, 0) is 78.5 Å². The maximum Gasteiger partial charge on any atom is 0.164 e. The fourth-order valence-corrected chi connectivity index (χ4v) is 6.31. The van der Waals surface area contributed by atoms with Crippen molar-refractivity contribution in [2.24, 2.45) is 5.92 Å². The molecule has 0 amide bonds. The van der Waals surface area contributed by atoms with E-state index < -0.39 is 12.2 Å². The highest BCUT2D eigenvalue weighted by molar-refractivity contribution is 5.82. The minimum atomic E-state index is -0.738. The van der Waals surface area contributed by atoms with E-state index in [0.29, 0.717) is 30.4 Å². The van der Waals surface area contributed by atoms with Crippen molar-refractivity contribution in [2.45, 2.75) is 64.6 Å². The molecular formula is C31H34O6. The standard InChI is InChI=1S/C31H34O6/c1-16(2)11-18-12-22-17(13-25(18)33)6-7-19-23-14-26(34)31(37-27(23)15-28(35-3)29(19)22)21-8-9-24(32)30-20(21)5-4-10-36-30/h8-9,12-13,15-16,26,31-34H,4-7,10-11,14H2,1-3H3/t26-,31+/m1/s1. The molecule has 6 nitrogen and oxygen atoms in total. The van der Waals surface area contributed by atoms with E-state index in [1.54, 1.807) is 13.2 Å². The van der Waals surface area contributed by atoms with Crippen molar-refractivity contribution in [3.63, 3.8) is 0 Å². The molecule has 3 aromatic rings. The van der Waals surface area contributed by atoms with E-state index in [0.717, 1.165) is 88.1 Å². The molecule has 0 saturated carbocycles. The summed E-state index contributed by atoms with van der Waals surface area (Å²) in [6, 6.07) is 9.44. The Morgan fingerprint density at radius 2 is 1.84 bits per heavy atom. The number of fused-ring (bicyclic) bond motifs is 6. The van der Waals surface area contributed by atoms with Crippen molar-refractivity contribution < 1.29 is 29.5 Å². The summed E-state index contributed by atoms with van der Waals surface area (Å²) in [6.45, 7) is 4.87. The molecule has 0 radical (unpaired) electrons. The first-order valence-electron chi connectivity index (χ1n) is 13.3. The lowest BCUT2D eigenvalue weighted by molar-refractivity contribution is 0.0194. The number of rotatable bonds is 4. The second-order valence-corrected chi connectivity index (χ2v) is 10.9. The van der Waals surface area contributed by atoms with Crippen LogP contribution in [0.1, 0.15) is 59.8 Å². The Morgan fingerprint density at radius 3 is 2.62 bits per heavy atom. The Labute approximate surface area is 217 Å². The fourth-order valence-electron chi connectivity index (χ4n) is 6.31.